The molecule has 0 saturated carbocycles. The first-order valence-corrected chi connectivity index (χ1v) is 7.25. The maximum atomic E-state index is 5.43. The predicted octanol–water partition coefficient (Wildman–Crippen LogP) is 1.97. The van der Waals surface area contributed by atoms with Crippen LogP contribution in [0.4, 0.5) is 0 Å². The fourth-order valence-electron chi connectivity index (χ4n) is 3.33. The van der Waals surface area contributed by atoms with E-state index < -0.39 is 0 Å². The summed E-state index contributed by atoms with van der Waals surface area (Å²) in [5.74, 6) is 0. The number of piperidine rings is 1. The molecule has 3 heteroatoms. The lowest BCUT2D eigenvalue weighted by molar-refractivity contribution is -0.0189. The van der Waals surface area contributed by atoms with Crippen LogP contribution in [0.5, 0.6) is 0 Å². The Kier molecular flexibility index (Phi) is 4.83. The molecule has 2 saturated heterocycles. The highest BCUT2D eigenvalue weighted by Crippen LogP contribution is 2.25. The third kappa shape index (κ3) is 3.21. The number of ether oxygens (including phenoxy) is 1. The standard InChI is InChI=1S/C14H28N2O/c1-4-13-10-15-8-6-5-7-14(15)11-16(13)9-12(2)17-3/h12-14H,4-11H2,1-3H3. The molecule has 0 spiro atoms. The van der Waals surface area contributed by atoms with E-state index in [1.807, 2.05) is 7.11 Å². The van der Waals surface area contributed by atoms with Crippen molar-refractivity contribution in [3.05, 3.63) is 0 Å². The minimum atomic E-state index is 0.360. The molecule has 0 bridgehead atoms. The molecule has 0 radical (unpaired) electrons. The number of fused-ring (bicyclic) bond motifs is 1. The Morgan fingerprint density at radius 2 is 2.12 bits per heavy atom. The zero-order valence-electron chi connectivity index (χ0n) is 11.7. The summed E-state index contributed by atoms with van der Waals surface area (Å²) in [7, 11) is 1.82. The number of hydrogen-bond acceptors (Lipinski definition) is 3. The molecule has 0 N–H and O–H groups in total. The Balaban J connectivity index is 1.94. The average molecular weight is 240 g/mol. The number of piperazine rings is 1. The van der Waals surface area contributed by atoms with E-state index in [0.29, 0.717) is 6.10 Å². The molecule has 2 aliphatic heterocycles. The summed E-state index contributed by atoms with van der Waals surface area (Å²) in [6, 6.07) is 1.55. The first-order chi connectivity index (χ1) is 8.24. The van der Waals surface area contributed by atoms with Crippen LogP contribution in [0.15, 0.2) is 0 Å². The molecule has 2 heterocycles. The molecule has 0 aromatic rings. The van der Waals surface area contributed by atoms with Crippen molar-refractivity contribution < 1.29 is 4.74 Å². The summed E-state index contributed by atoms with van der Waals surface area (Å²) < 4.78 is 5.43. The fraction of sp³-hybridized carbons (Fsp3) is 1.00. The first kappa shape index (κ1) is 13.3. The summed E-state index contributed by atoms with van der Waals surface area (Å²) in [5.41, 5.74) is 0. The van der Waals surface area contributed by atoms with Crippen molar-refractivity contribution in [2.75, 3.05) is 33.3 Å². The van der Waals surface area contributed by atoms with Crippen molar-refractivity contribution >= 4 is 0 Å². The van der Waals surface area contributed by atoms with Gasteiger partial charge in [-0.05, 0) is 32.7 Å². The molecule has 2 aliphatic rings. The number of methoxy groups -OCH3 is 1. The highest BCUT2D eigenvalue weighted by Gasteiger charge is 2.34. The van der Waals surface area contributed by atoms with Gasteiger partial charge in [-0.15, -0.1) is 0 Å². The second-order valence-electron chi connectivity index (χ2n) is 5.71. The van der Waals surface area contributed by atoms with Crippen LogP contribution in [0.25, 0.3) is 0 Å². The van der Waals surface area contributed by atoms with E-state index in [4.69, 9.17) is 4.74 Å². The molecule has 3 nitrogen and oxygen atoms in total. The lowest BCUT2D eigenvalue weighted by Gasteiger charge is -2.48. The van der Waals surface area contributed by atoms with E-state index in [-0.39, 0.29) is 0 Å². The summed E-state index contributed by atoms with van der Waals surface area (Å²) in [5, 5.41) is 0. The van der Waals surface area contributed by atoms with Crippen molar-refractivity contribution in [3.8, 4) is 0 Å². The molecule has 0 amide bonds. The van der Waals surface area contributed by atoms with Gasteiger partial charge in [-0.1, -0.05) is 13.3 Å². The Morgan fingerprint density at radius 3 is 2.82 bits per heavy atom. The zero-order chi connectivity index (χ0) is 12.3. The lowest BCUT2D eigenvalue weighted by atomic mass is 9.95. The van der Waals surface area contributed by atoms with Crippen molar-refractivity contribution in [2.24, 2.45) is 0 Å². The summed E-state index contributed by atoms with van der Waals surface area (Å²) in [6.45, 7) is 9.46. The lowest BCUT2D eigenvalue weighted by Crippen LogP contribution is -2.60. The van der Waals surface area contributed by atoms with Crippen LogP contribution in [0.2, 0.25) is 0 Å². The highest BCUT2D eigenvalue weighted by atomic mass is 16.5. The third-order valence-electron chi connectivity index (χ3n) is 4.52. The second-order valence-corrected chi connectivity index (χ2v) is 5.71. The monoisotopic (exact) mass is 240 g/mol. The van der Waals surface area contributed by atoms with Gasteiger partial charge in [0.25, 0.3) is 0 Å². The highest BCUT2D eigenvalue weighted by molar-refractivity contribution is 4.90. The van der Waals surface area contributed by atoms with Crippen LogP contribution in [0.1, 0.15) is 39.5 Å². The van der Waals surface area contributed by atoms with Gasteiger partial charge in [0, 0.05) is 38.8 Å². The molecule has 2 rings (SSSR count). The van der Waals surface area contributed by atoms with Crippen LogP contribution in [-0.4, -0.2) is 61.3 Å². The molecule has 2 fully saturated rings. The van der Waals surface area contributed by atoms with E-state index in [1.54, 1.807) is 0 Å². The van der Waals surface area contributed by atoms with Gasteiger partial charge in [0.1, 0.15) is 0 Å². The number of rotatable bonds is 4. The van der Waals surface area contributed by atoms with Crippen molar-refractivity contribution in [2.45, 2.75) is 57.7 Å². The van der Waals surface area contributed by atoms with Crippen LogP contribution in [0, 0.1) is 0 Å². The molecule has 0 aliphatic carbocycles. The molecular formula is C14H28N2O. The van der Waals surface area contributed by atoms with Crippen LogP contribution in [0.3, 0.4) is 0 Å². The van der Waals surface area contributed by atoms with E-state index in [9.17, 15) is 0 Å². The van der Waals surface area contributed by atoms with Gasteiger partial charge in [0.15, 0.2) is 0 Å². The minimum absolute atomic E-state index is 0.360. The van der Waals surface area contributed by atoms with E-state index >= 15 is 0 Å². The van der Waals surface area contributed by atoms with Gasteiger partial charge in [-0.3, -0.25) is 9.80 Å². The summed E-state index contributed by atoms with van der Waals surface area (Å²) >= 11 is 0. The van der Waals surface area contributed by atoms with Crippen molar-refractivity contribution in [3.63, 3.8) is 0 Å². The largest absolute Gasteiger partial charge is 0.380 e. The average Bonchev–Trinajstić information content (AvgIpc) is 2.37. The predicted molar refractivity (Wildman–Crippen MR) is 71.3 cm³/mol. The molecule has 0 aromatic carbocycles. The normalized spacial score (nSPS) is 33.4. The zero-order valence-corrected chi connectivity index (χ0v) is 11.7. The summed E-state index contributed by atoms with van der Waals surface area (Å²) in [6.07, 6.45) is 5.85. The SMILES string of the molecule is CCC1CN2CCCCC2CN1CC(C)OC. The Morgan fingerprint density at radius 1 is 1.29 bits per heavy atom. The Hall–Kier alpha value is -0.120. The molecule has 17 heavy (non-hydrogen) atoms. The van der Waals surface area contributed by atoms with Crippen molar-refractivity contribution in [1.82, 2.24) is 9.80 Å². The van der Waals surface area contributed by atoms with Gasteiger partial charge in [-0.25, -0.2) is 0 Å². The van der Waals surface area contributed by atoms with Crippen LogP contribution < -0.4 is 0 Å². The van der Waals surface area contributed by atoms with Gasteiger partial charge in [0.2, 0.25) is 0 Å². The molecule has 3 unspecified atom stereocenters. The van der Waals surface area contributed by atoms with Crippen LogP contribution >= 0.6 is 0 Å². The maximum absolute atomic E-state index is 5.43. The third-order valence-corrected chi connectivity index (χ3v) is 4.52. The van der Waals surface area contributed by atoms with E-state index in [2.05, 4.69) is 23.6 Å². The number of nitrogens with zero attached hydrogens (tertiary/aromatic N) is 2. The Labute approximate surface area is 106 Å². The van der Waals surface area contributed by atoms with E-state index in [0.717, 1.165) is 18.6 Å². The van der Waals surface area contributed by atoms with Gasteiger partial charge in [0.05, 0.1) is 6.10 Å². The maximum Gasteiger partial charge on any atom is 0.0670 e. The second kappa shape index (κ2) is 6.17. The topological polar surface area (TPSA) is 15.7 Å². The minimum Gasteiger partial charge on any atom is -0.380 e. The van der Waals surface area contributed by atoms with Gasteiger partial charge < -0.3 is 4.74 Å². The molecule has 0 aromatic heterocycles. The molecular weight excluding hydrogens is 212 g/mol. The summed E-state index contributed by atoms with van der Waals surface area (Å²) in [4.78, 5) is 5.40. The van der Waals surface area contributed by atoms with Gasteiger partial charge >= 0.3 is 0 Å². The quantitative estimate of drug-likeness (QED) is 0.747. The van der Waals surface area contributed by atoms with E-state index in [1.165, 1.54) is 45.3 Å². The van der Waals surface area contributed by atoms with Crippen molar-refractivity contribution in [1.29, 1.82) is 0 Å². The Bertz CT molecular complexity index is 234. The number of hydrogen-bond donors (Lipinski definition) is 0. The van der Waals surface area contributed by atoms with Crippen LogP contribution in [-0.2, 0) is 4.74 Å². The smallest absolute Gasteiger partial charge is 0.0670 e. The fourth-order valence-corrected chi connectivity index (χ4v) is 3.33. The first-order valence-electron chi connectivity index (χ1n) is 7.25. The molecule has 100 valence electrons. The molecule has 3 atom stereocenters. The van der Waals surface area contributed by atoms with Gasteiger partial charge in [-0.2, -0.15) is 0 Å².